The molecular weight excluding hydrogens is 338 g/mol. The maximum absolute atomic E-state index is 13.1. The van der Waals surface area contributed by atoms with E-state index in [1.54, 1.807) is 4.90 Å². The summed E-state index contributed by atoms with van der Waals surface area (Å²) in [7, 11) is 0. The van der Waals surface area contributed by atoms with Crippen LogP contribution in [0.4, 0.5) is 0 Å². The van der Waals surface area contributed by atoms with Crippen LogP contribution in [0.5, 0.6) is 0 Å². The SMILES string of the molecule is CCN1CC(=O)N2[C@@H](c3ccccc3)c3[nH]c4ccccc4c3C[C@@H]2C1=O. The summed E-state index contributed by atoms with van der Waals surface area (Å²) in [6.45, 7) is 2.64. The summed E-state index contributed by atoms with van der Waals surface area (Å²) >= 11 is 0. The molecular formula is C22H21N3O2. The Labute approximate surface area is 157 Å². The third-order valence-corrected chi connectivity index (χ3v) is 5.84. The number of likely N-dealkylation sites (N-methyl/N-ethyl adjacent to an activating group) is 1. The fourth-order valence-electron chi connectivity index (χ4n) is 4.57. The maximum atomic E-state index is 13.1. The molecule has 2 aliphatic rings. The van der Waals surface area contributed by atoms with Crippen molar-refractivity contribution < 1.29 is 9.59 Å². The van der Waals surface area contributed by atoms with Crippen LogP contribution in [0, 0.1) is 0 Å². The van der Waals surface area contributed by atoms with Gasteiger partial charge in [-0.1, -0.05) is 48.5 Å². The number of para-hydroxylation sites is 1. The normalized spacial score (nSPS) is 22.1. The molecule has 0 bridgehead atoms. The molecule has 27 heavy (non-hydrogen) atoms. The highest BCUT2D eigenvalue weighted by atomic mass is 16.2. The molecule has 1 N–H and O–H groups in total. The quantitative estimate of drug-likeness (QED) is 0.765. The number of nitrogens with one attached hydrogen (secondary N) is 1. The highest BCUT2D eigenvalue weighted by Crippen LogP contribution is 2.42. The summed E-state index contributed by atoms with van der Waals surface area (Å²) in [5, 5.41) is 1.14. The first kappa shape index (κ1) is 16.1. The number of aromatic amines is 1. The summed E-state index contributed by atoms with van der Waals surface area (Å²) in [4.78, 5) is 33.2. The van der Waals surface area contributed by atoms with Gasteiger partial charge in [0, 0.05) is 29.6 Å². The number of aromatic nitrogens is 1. The minimum absolute atomic E-state index is 0.0135. The molecule has 1 aromatic heterocycles. The minimum atomic E-state index is -0.442. The Hall–Kier alpha value is -3.08. The van der Waals surface area contributed by atoms with Gasteiger partial charge in [0.1, 0.15) is 6.04 Å². The lowest BCUT2D eigenvalue weighted by atomic mass is 9.86. The van der Waals surface area contributed by atoms with Crippen LogP contribution in [0.1, 0.15) is 29.8 Å². The highest BCUT2D eigenvalue weighted by molar-refractivity contribution is 5.97. The van der Waals surface area contributed by atoms with Crippen LogP contribution < -0.4 is 0 Å². The van der Waals surface area contributed by atoms with Crippen LogP contribution >= 0.6 is 0 Å². The van der Waals surface area contributed by atoms with Gasteiger partial charge in [0.2, 0.25) is 11.8 Å². The fraction of sp³-hybridized carbons (Fsp3) is 0.273. The molecule has 0 unspecified atom stereocenters. The second-order valence-electron chi connectivity index (χ2n) is 7.25. The van der Waals surface area contributed by atoms with Gasteiger partial charge in [0.05, 0.1) is 12.6 Å². The zero-order valence-electron chi connectivity index (χ0n) is 15.2. The van der Waals surface area contributed by atoms with Gasteiger partial charge >= 0.3 is 0 Å². The number of piperazine rings is 1. The van der Waals surface area contributed by atoms with E-state index in [0.717, 1.165) is 27.7 Å². The van der Waals surface area contributed by atoms with E-state index in [9.17, 15) is 9.59 Å². The second kappa shape index (κ2) is 5.98. The molecule has 1 fully saturated rings. The van der Waals surface area contributed by atoms with Gasteiger partial charge in [-0.2, -0.15) is 0 Å². The Morgan fingerprint density at radius 3 is 2.56 bits per heavy atom. The van der Waals surface area contributed by atoms with Gasteiger partial charge in [0.25, 0.3) is 0 Å². The van der Waals surface area contributed by atoms with E-state index in [-0.39, 0.29) is 24.4 Å². The number of carbonyl (C=O) groups excluding carboxylic acids is 2. The van der Waals surface area contributed by atoms with E-state index in [0.29, 0.717) is 13.0 Å². The van der Waals surface area contributed by atoms with Crippen molar-refractivity contribution in [2.45, 2.75) is 25.4 Å². The molecule has 3 aromatic rings. The second-order valence-corrected chi connectivity index (χ2v) is 7.25. The Kier molecular flexibility index (Phi) is 3.57. The molecule has 0 aliphatic carbocycles. The number of H-pyrrole nitrogens is 1. The Morgan fingerprint density at radius 2 is 1.78 bits per heavy atom. The first-order chi connectivity index (χ1) is 13.2. The highest BCUT2D eigenvalue weighted by Gasteiger charge is 2.47. The largest absolute Gasteiger partial charge is 0.356 e. The van der Waals surface area contributed by atoms with Gasteiger partial charge in [-0.25, -0.2) is 0 Å². The number of carbonyl (C=O) groups is 2. The van der Waals surface area contributed by atoms with E-state index in [4.69, 9.17) is 0 Å². The van der Waals surface area contributed by atoms with Crippen LogP contribution in [-0.4, -0.2) is 45.7 Å². The number of fused-ring (bicyclic) bond motifs is 4. The van der Waals surface area contributed by atoms with Crippen LogP contribution in [0.15, 0.2) is 54.6 Å². The van der Waals surface area contributed by atoms with E-state index >= 15 is 0 Å². The fourth-order valence-corrected chi connectivity index (χ4v) is 4.57. The average molecular weight is 359 g/mol. The lowest BCUT2D eigenvalue weighted by molar-refractivity contribution is -0.158. The zero-order valence-corrected chi connectivity index (χ0v) is 15.2. The van der Waals surface area contributed by atoms with E-state index in [1.807, 2.05) is 54.3 Å². The molecule has 136 valence electrons. The van der Waals surface area contributed by atoms with Crippen molar-refractivity contribution in [1.29, 1.82) is 0 Å². The van der Waals surface area contributed by atoms with Crippen molar-refractivity contribution in [1.82, 2.24) is 14.8 Å². The van der Waals surface area contributed by atoms with Gasteiger partial charge in [-0.15, -0.1) is 0 Å². The molecule has 0 saturated carbocycles. The molecule has 1 saturated heterocycles. The molecule has 0 spiro atoms. The molecule has 3 heterocycles. The molecule has 5 rings (SSSR count). The topological polar surface area (TPSA) is 56.4 Å². The van der Waals surface area contributed by atoms with Gasteiger partial charge in [-0.05, 0) is 24.1 Å². The van der Waals surface area contributed by atoms with Crippen LogP contribution in [0.3, 0.4) is 0 Å². The predicted molar refractivity (Wildman–Crippen MR) is 103 cm³/mol. The average Bonchev–Trinajstić information content (AvgIpc) is 3.08. The molecule has 0 radical (unpaired) electrons. The lowest BCUT2D eigenvalue weighted by Crippen LogP contribution is -2.62. The summed E-state index contributed by atoms with van der Waals surface area (Å²) in [6.07, 6.45) is 0.559. The number of amides is 2. The first-order valence-corrected chi connectivity index (χ1v) is 9.43. The summed E-state index contributed by atoms with van der Waals surface area (Å²) < 4.78 is 0. The number of rotatable bonds is 2. The summed E-state index contributed by atoms with van der Waals surface area (Å²) in [6, 6.07) is 17.5. The number of benzene rings is 2. The third kappa shape index (κ3) is 2.31. The van der Waals surface area contributed by atoms with Crippen LogP contribution in [-0.2, 0) is 16.0 Å². The molecule has 2 aromatic carbocycles. The number of hydrogen-bond acceptors (Lipinski definition) is 2. The van der Waals surface area contributed by atoms with Crippen molar-refractivity contribution in [2.24, 2.45) is 0 Å². The summed E-state index contributed by atoms with van der Waals surface area (Å²) in [5.41, 5.74) is 4.26. The first-order valence-electron chi connectivity index (χ1n) is 9.43. The van der Waals surface area contributed by atoms with Gasteiger partial charge in [0.15, 0.2) is 0 Å². The van der Waals surface area contributed by atoms with E-state index < -0.39 is 6.04 Å². The maximum Gasteiger partial charge on any atom is 0.246 e. The smallest absolute Gasteiger partial charge is 0.246 e. The third-order valence-electron chi connectivity index (χ3n) is 5.84. The van der Waals surface area contributed by atoms with Crippen molar-refractivity contribution in [3.8, 4) is 0 Å². The van der Waals surface area contributed by atoms with Crippen molar-refractivity contribution in [2.75, 3.05) is 13.1 Å². The predicted octanol–water partition coefficient (Wildman–Crippen LogP) is 2.87. The van der Waals surface area contributed by atoms with Gasteiger partial charge in [-0.3, -0.25) is 9.59 Å². The monoisotopic (exact) mass is 359 g/mol. The van der Waals surface area contributed by atoms with E-state index in [2.05, 4.69) is 17.1 Å². The Morgan fingerprint density at radius 1 is 1.04 bits per heavy atom. The number of hydrogen-bond donors (Lipinski definition) is 1. The minimum Gasteiger partial charge on any atom is -0.356 e. The van der Waals surface area contributed by atoms with Crippen LogP contribution in [0.25, 0.3) is 10.9 Å². The van der Waals surface area contributed by atoms with Crippen LogP contribution in [0.2, 0.25) is 0 Å². The molecule has 2 amide bonds. The van der Waals surface area contributed by atoms with Crippen molar-refractivity contribution >= 4 is 22.7 Å². The molecule has 5 nitrogen and oxygen atoms in total. The van der Waals surface area contributed by atoms with Gasteiger partial charge < -0.3 is 14.8 Å². The lowest BCUT2D eigenvalue weighted by Gasteiger charge is -2.46. The van der Waals surface area contributed by atoms with E-state index in [1.165, 1.54) is 0 Å². The summed E-state index contributed by atoms with van der Waals surface area (Å²) in [5.74, 6) is 0.0635. The molecule has 5 heteroatoms. The number of nitrogens with zero attached hydrogens (tertiary/aromatic N) is 2. The standard InChI is InChI=1S/C22H21N3O2/c1-2-24-13-19(26)25-18(22(24)27)12-16-15-10-6-7-11-17(15)23-20(16)21(25)14-8-4-3-5-9-14/h3-11,18,21,23H,2,12-13H2,1H3/t18-,21+/m1/s1. The van der Waals surface area contributed by atoms with Crippen molar-refractivity contribution in [3.05, 3.63) is 71.4 Å². The Balaban J connectivity index is 1.75. The van der Waals surface area contributed by atoms with Crippen molar-refractivity contribution in [3.63, 3.8) is 0 Å². The molecule has 2 aliphatic heterocycles. The molecule has 2 atom stereocenters. The Bertz CT molecular complexity index is 1040. The zero-order chi connectivity index (χ0) is 18.5.